The fraction of sp³-hybridized carbons (Fsp3) is 0.286. The third-order valence-corrected chi connectivity index (χ3v) is 9.78. The molecule has 0 amide bonds. The second kappa shape index (κ2) is 13.9. The van der Waals surface area contributed by atoms with Crippen LogP contribution >= 0.6 is 7.26 Å². The number of hydrogen-bond acceptors (Lipinski definition) is 6. The maximum absolute atomic E-state index is 6.11. The van der Waals surface area contributed by atoms with E-state index in [1.165, 1.54) is 0 Å². The quantitative estimate of drug-likeness (QED) is 0.186. The minimum absolute atomic E-state index is 0.143. The van der Waals surface area contributed by atoms with Crippen molar-refractivity contribution in [2.75, 3.05) is 47.9 Å². The minimum Gasteiger partial charge on any atom is -0.463 e. The molecule has 0 N–H and O–H groups in total. The average molecular weight is 498 g/mol. The van der Waals surface area contributed by atoms with Crippen LogP contribution in [0.2, 0.25) is 0 Å². The predicted octanol–water partition coefficient (Wildman–Crippen LogP) is 4.50. The fourth-order valence-corrected chi connectivity index (χ4v) is 8.46. The van der Waals surface area contributed by atoms with E-state index in [1.54, 1.807) is 21.3 Å². The summed E-state index contributed by atoms with van der Waals surface area (Å²) in [6.07, 6.45) is 5.00. The Kier molecular flexibility index (Phi) is 10.6. The van der Waals surface area contributed by atoms with Crippen molar-refractivity contribution in [3.63, 3.8) is 0 Å². The maximum Gasteiger partial charge on any atom is 0.188 e. The van der Waals surface area contributed by atoms with Gasteiger partial charge in [-0.1, -0.05) is 48.6 Å². The van der Waals surface area contributed by atoms with E-state index in [1.807, 2.05) is 61.5 Å². The Bertz CT molecular complexity index is 959. The van der Waals surface area contributed by atoms with Gasteiger partial charge in [0.1, 0.15) is 23.2 Å². The Morgan fingerprint density at radius 1 is 0.571 bits per heavy atom. The molecule has 0 heterocycles. The van der Waals surface area contributed by atoms with Crippen LogP contribution in [0.15, 0.2) is 84.9 Å². The molecule has 3 aromatic carbocycles. The summed E-state index contributed by atoms with van der Waals surface area (Å²) >= 11 is 0. The Morgan fingerprint density at radius 2 is 0.914 bits per heavy atom. The number of allylic oxidation sites excluding steroid dienone is 2. The number of benzene rings is 3. The van der Waals surface area contributed by atoms with Gasteiger partial charge in [0.25, 0.3) is 0 Å². The van der Waals surface area contributed by atoms with E-state index in [0.717, 1.165) is 39.3 Å². The first-order valence-corrected chi connectivity index (χ1v) is 13.3. The normalized spacial score (nSPS) is 11.5. The molecule has 0 aliphatic carbocycles. The smallest absolute Gasteiger partial charge is 0.188 e. The standard InChI is InChI=1S/C28H34O6P/c1-5-6-19-35(26-16-10-7-13-23(26)32-20-29-2,27-17-11-8-14-24(27)33-21-30-3)28-18-12-9-15-25(28)34-22-31-4/h5-18H,19-22H2,1-4H3/q+1/b6-5+. The second-order valence-corrected chi connectivity index (χ2v) is 11.0. The monoisotopic (exact) mass is 497 g/mol. The molecule has 0 aliphatic rings. The van der Waals surface area contributed by atoms with E-state index >= 15 is 0 Å². The van der Waals surface area contributed by atoms with E-state index in [2.05, 4.69) is 30.4 Å². The van der Waals surface area contributed by atoms with Crippen LogP contribution in [-0.4, -0.2) is 47.9 Å². The zero-order chi connectivity index (χ0) is 24.9. The third kappa shape index (κ3) is 6.22. The summed E-state index contributed by atoms with van der Waals surface area (Å²) in [5.74, 6) is 2.28. The van der Waals surface area contributed by atoms with Gasteiger partial charge in [0.05, 0.1) is 6.16 Å². The van der Waals surface area contributed by atoms with Gasteiger partial charge in [0, 0.05) is 21.3 Å². The van der Waals surface area contributed by atoms with Crippen molar-refractivity contribution in [3.05, 3.63) is 84.9 Å². The van der Waals surface area contributed by atoms with Crippen molar-refractivity contribution in [3.8, 4) is 17.2 Å². The summed E-state index contributed by atoms with van der Waals surface area (Å²) in [6.45, 7) is 2.46. The number of rotatable bonds is 14. The fourth-order valence-electron chi connectivity index (χ4n) is 4.00. The summed E-state index contributed by atoms with van der Waals surface area (Å²) in [4.78, 5) is 0. The first-order valence-electron chi connectivity index (χ1n) is 11.4. The molecule has 3 aromatic rings. The summed E-state index contributed by atoms with van der Waals surface area (Å²) in [7, 11) is 2.42. The van der Waals surface area contributed by atoms with Gasteiger partial charge in [-0.3, -0.25) is 0 Å². The van der Waals surface area contributed by atoms with Gasteiger partial charge in [0.15, 0.2) is 37.6 Å². The summed E-state index contributed by atoms with van der Waals surface area (Å²) in [5, 5.41) is 3.20. The predicted molar refractivity (Wildman–Crippen MR) is 142 cm³/mol. The maximum atomic E-state index is 6.11. The van der Waals surface area contributed by atoms with Gasteiger partial charge in [-0.15, -0.1) is 0 Å². The van der Waals surface area contributed by atoms with Crippen LogP contribution in [0, 0.1) is 0 Å². The molecule has 3 rings (SSSR count). The molecule has 0 saturated heterocycles. The highest BCUT2D eigenvalue weighted by molar-refractivity contribution is 7.96. The zero-order valence-electron chi connectivity index (χ0n) is 20.8. The topological polar surface area (TPSA) is 55.4 Å². The van der Waals surface area contributed by atoms with Crippen molar-refractivity contribution < 1.29 is 28.4 Å². The van der Waals surface area contributed by atoms with Crippen molar-refractivity contribution in [1.82, 2.24) is 0 Å². The molecule has 0 aromatic heterocycles. The lowest BCUT2D eigenvalue weighted by Gasteiger charge is -2.30. The Balaban J connectivity index is 2.41. The zero-order valence-corrected chi connectivity index (χ0v) is 21.7. The summed E-state index contributed by atoms with van der Waals surface area (Å²) in [5.41, 5.74) is 0. The summed E-state index contributed by atoms with van der Waals surface area (Å²) < 4.78 is 34.1. The van der Waals surface area contributed by atoms with Gasteiger partial charge in [0.2, 0.25) is 0 Å². The number of hydrogen-bond donors (Lipinski definition) is 0. The lowest BCUT2D eigenvalue weighted by molar-refractivity contribution is 0.0518. The molecule has 0 bridgehead atoms. The number of para-hydroxylation sites is 3. The molecule has 0 radical (unpaired) electrons. The molecule has 186 valence electrons. The Labute approximate surface area is 208 Å². The van der Waals surface area contributed by atoms with Crippen LogP contribution < -0.4 is 30.1 Å². The third-order valence-electron chi connectivity index (χ3n) is 5.44. The molecule has 35 heavy (non-hydrogen) atoms. The van der Waals surface area contributed by atoms with Crippen LogP contribution in [-0.2, 0) is 14.2 Å². The van der Waals surface area contributed by atoms with Gasteiger partial charge in [-0.05, 0) is 43.3 Å². The highest BCUT2D eigenvalue weighted by Crippen LogP contribution is 2.60. The molecule has 0 spiro atoms. The highest BCUT2D eigenvalue weighted by atomic mass is 31.2. The van der Waals surface area contributed by atoms with E-state index < -0.39 is 7.26 Å². The van der Waals surface area contributed by atoms with Crippen LogP contribution in [0.3, 0.4) is 0 Å². The SMILES string of the molecule is C/C=C/C[P+](c1ccccc1OCOC)(c1ccccc1OCOC)c1ccccc1OCOC. The van der Waals surface area contributed by atoms with E-state index in [-0.39, 0.29) is 20.4 Å². The summed E-state index contributed by atoms with van der Waals surface area (Å²) in [6, 6.07) is 24.4. The number of methoxy groups -OCH3 is 3. The molecule has 0 atom stereocenters. The first kappa shape index (κ1) is 26.7. The number of ether oxygens (including phenoxy) is 6. The van der Waals surface area contributed by atoms with Crippen molar-refractivity contribution >= 4 is 23.2 Å². The van der Waals surface area contributed by atoms with Crippen molar-refractivity contribution in [2.45, 2.75) is 6.92 Å². The molecule has 0 aliphatic heterocycles. The molecular formula is C28H34O6P+. The van der Waals surface area contributed by atoms with Gasteiger partial charge >= 0.3 is 0 Å². The van der Waals surface area contributed by atoms with E-state index in [0.29, 0.717) is 0 Å². The molecule has 0 saturated carbocycles. The average Bonchev–Trinajstić information content (AvgIpc) is 2.91. The molecule has 0 fully saturated rings. The van der Waals surface area contributed by atoms with E-state index in [4.69, 9.17) is 28.4 Å². The molecule has 0 unspecified atom stereocenters. The van der Waals surface area contributed by atoms with E-state index in [9.17, 15) is 0 Å². The Morgan fingerprint density at radius 3 is 1.23 bits per heavy atom. The highest BCUT2D eigenvalue weighted by Gasteiger charge is 2.50. The molecule has 6 nitrogen and oxygen atoms in total. The second-order valence-electron chi connectivity index (χ2n) is 7.62. The lowest BCUT2D eigenvalue weighted by Crippen LogP contribution is -2.36. The van der Waals surface area contributed by atoms with Gasteiger partial charge < -0.3 is 28.4 Å². The Hall–Kier alpha value is -2.89. The largest absolute Gasteiger partial charge is 0.463 e. The van der Waals surface area contributed by atoms with Gasteiger partial charge in [-0.2, -0.15) is 0 Å². The minimum atomic E-state index is -2.43. The van der Waals surface area contributed by atoms with Gasteiger partial charge in [-0.25, -0.2) is 0 Å². The van der Waals surface area contributed by atoms with Crippen LogP contribution in [0.5, 0.6) is 17.2 Å². The lowest BCUT2D eigenvalue weighted by atomic mass is 10.3. The van der Waals surface area contributed by atoms with Crippen LogP contribution in [0.25, 0.3) is 0 Å². The molecular weight excluding hydrogens is 463 g/mol. The van der Waals surface area contributed by atoms with Crippen LogP contribution in [0.4, 0.5) is 0 Å². The molecule has 7 heteroatoms. The van der Waals surface area contributed by atoms with Crippen molar-refractivity contribution in [2.24, 2.45) is 0 Å². The first-order chi connectivity index (χ1) is 17.2. The van der Waals surface area contributed by atoms with Crippen molar-refractivity contribution in [1.29, 1.82) is 0 Å². The van der Waals surface area contributed by atoms with Crippen LogP contribution in [0.1, 0.15) is 6.92 Å².